The maximum Gasteiger partial charge on any atom is 0.338 e. The van der Waals surface area contributed by atoms with E-state index < -0.39 is 0 Å². The van der Waals surface area contributed by atoms with Gasteiger partial charge in [-0.3, -0.25) is 0 Å². The predicted molar refractivity (Wildman–Crippen MR) is 126 cm³/mol. The van der Waals surface area contributed by atoms with E-state index in [2.05, 4.69) is 5.32 Å². The third-order valence-corrected chi connectivity index (χ3v) is 5.83. The number of rotatable bonds is 6. The number of hydrogen-bond acceptors (Lipinski definition) is 4. The number of nitrogens with zero attached hydrogens (tertiary/aromatic N) is 2. The quantitative estimate of drug-likeness (QED) is 0.516. The Balaban J connectivity index is 2.02. The van der Waals surface area contributed by atoms with Crippen LogP contribution in [-0.4, -0.2) is 36.7 Å². The lowest BCUT2D eigenvalue weighted by molar-refractivity contribution is -0.139. The van der Waals surface area contributed by atoms with Gasteiger partial charge in [0.25, 0.3) is 0 Å². The molecule has 0 saturated heterocycles. The van der Waals surface area contributed by atoms with Crippen molar-refractivity contribution in [3.05, 3.63) is 76.0 Å². The molecule has 0 unspecified atom stereocenters. The lowest BCUT2D eigenvalue weighted by Crippen LogP contribution is -2.47. The van der Waals surface area contributed by atoms with Crippen molar-refractivity contribution in [3.8, 4) is 0 Å². The molecule has 0 bridgehead atoms. The monoisotopic (exact) mass is 443 g/mol. The van der Waals surface area contributed by atoms with Gasteiger partial charge >= 0.3 is 5.97 Å². The van der Waals surface area contributed by atoms with Crippen LogP contribution in [0.2, 0.25) is 5.02 Å². The largest absolute Gasteiger partial charge is 0.463 e. The number of thiocarbonyl (C=S) groups is 1. The molecular weight excluding hydrogens is 418 g/mol. The molecule has 1 atom stereocenters. The molecule has 158 valence electrons. The van der Waals surface area contributed by atoms with Crippen LogP contribution >= 0.6 is 23.8 Å². The molecule has 1 aliphatic rings. The van der Waals surface area contributed by atoms with Crippen molar-refractivity contribution in [3.63, 3.8) is 0 Å². The van der Waals surface area contributed by atoms with Crippen LogP contribution in [0.1, 0.15) is 31.0 Å². The second kappa shape index (κ2) is 9.49. The van der Waals surface area contributed by atoms with E-state index in [9.17, 15) is 4.79 Å². The van der Waals surface area contributed by atoms with Crippen molar-refractivity contribution in [2.45, 2.75) is 26.4 Å². The average molecular weight is 444 g/mol. The zero-order valence-corrected chi connectivity index (χ0v) is 19.2. The molecule has 2 aromatic carbocycles. The Bertz CT molecular complexity index is 973. The zero-order valence-electron chi connectivity index (χ0n) is 17.6. The summed E-state index contributed by atoms with van der Waals surface area (Å²) in [4.78, 5) is 16.8. The van der Waals surface area contributed by atoms with Gasteiger partial charge in [-0.2, -0.15) is 0 Å². The summed E-state index contributed by atoms with van der Waals surface area (Å²) in [5, 5.41) is 4.54. The van der Waals surface area contributed by atoms with Gasteiger partial charge in [-0.25, -0.2) is 4.79 Å². The van der Waals surface area contributed by atoms with Crippen LogP contribution in [-0.2, 0) is 16.1 Å². The average Bonchev–Trinajstić information content (AvgIpc) is 2.72. The van der Waals surface area contributed by atoms with Crippen molar-refractivity contribution in [2.24, 2.45) is 0 Å². The summed E-state index contributed by atoms with van der Waals surface area (Å²) >= 11 is 12.0. The van der Waals surface area contributed by atoms with E-state index in [0.717, 1.165) is 22.5 Å². The summed E-state index contributed by atoms with van der Waals surface area (Å²) in [5.74, 6) is -0.351. The van der Waals surface area contributed by atoms with Gasteiger partial charge in [0.15, 0.2) is 5.11 Å². The number of allylic oxidation sites excluding steroid dienone is 1. The number of benzene rings is 2. The predicted octanol–water partition coefficient (Wildman–Crippen LogP) is 4.67. The van der Waals surface area contributed by atoms with E-state index in [0.29, 0.717) is 28.9 Å². The number of halogens is 1. The highest BCUT2D eigenvalue weighted by Crippen LogP contribution is 2.33. The Hall–Kier alpha value is -2.57. The maximum absolute atomic E-state index is 12.9. The number of ether oxygens (including phenoxy) is 1. The first-order valence-electron chi connectivity index (χ1n) is 9.80. The fourth-order valence-corrected chi connectivity index (χ4v) is 3.97. The number of nitrogens with one attached hydrogen (secondary N) is 1. The summed E-state index contributed by atoms with van der Waals surface area (Å²) in [5.41, 5.74) is 4.27. The molecule has 3 rings (SSSR count). The van der Waals surface area contributed by atoms with Gasteiger partial charge in [0.2, 0.25) is 0 Å². The molecule has 0 saturated carbocycles. The minimum absolute atomic E-state index is 0.302. The third kappa shape index (κ3) is 4.60. The fourth-order valence-electron chi connectivity index (χ4n) is 3.46. The second-order valence-corrected chi connectivity index (χ2v) is 8.06. The van der Waals surface area contributed by atoms with Gasteiger partial charge in [0, 0.05) is 30.5 Å². The first-order valence-corrected chi connectivity index (χ1v) is 10.6. The Morgan fingerprint density at radius 2 is 1.87 bits per heavy atom. The zero-order chi connectivity index (χ0) is 21.8. The van der Waals surface area contributed by atoms with E-state index >= 15 is 0 Å². The molecule has 5 nitrogen and oxygen atoms in total. The molecule has 1 heterocycles. The molecule has 0 amide bonds. The molecule has 1 aliphatic heterocycles. The van der Waals surface area contributed by atoms with Crippen molar-refractivity contribution >= 4 is 40.6 Å². The van der Waals surface area contributed by atoms with Gasteiger partial charge in [0.05, 0.1) is 24.8 Å². The summed E-state index contributed by atoms with van der Waals surface area (Å²) in [6, 6.07) is 15.3. The van der Waals surface area contributed by atoms with Crippen LogP contribution in [0.3, 0.4) is 0 Å². The van der Waals surface area contributed by atoms with Gasteiger partial charge in [-0.05, 0) is 55.4 Å². The van der Waals surface area contributed by atoms with Crippen molar-refractivity contribution in [1.82, 2.24) is 10.2 Å². The SMILES string of the molecule is CCOC(=O)C1=C(C)N(Cc2ccccc2Cl)C(=S)N[C@H]1c1ccc(N(C)C)cc1. The Morgan fingerprint density at radius 1 is 1.20 bits per heavy atom. The normalized spacial score (nSPS) is 16.4. The molecule has 2 aromatic rings. The van der Waals surface area contributed by atoms with Crippen LogP contribution in [0.15, 0.2) is 59.8 Å². The molecule has 0 fully saturated rings. The summed E-state index contributed by atoms with van der Waals surface area (Å²) in [6.07, 6.45) is 0. The number of esters is 1. The number of anilines is 1. The smallest absolute Gasteiger partial charge is 0.338 e. The van der Waals surface area contributed by atoms with Gasteiger partial charge in [-0.15, -0.1) is 0 Å². The Kier molecular flexibility index (Phi) is 7.00. The van der Waals surface area contributed by atoms with Crippen LogP contribution in [0.4, 0.5) is 5.69 Å². The van der Waals surface area contributed by atoms with Crippen LogP contribution in [0.5, 0.6) is 0 Å². The summed E-state index contributed by atoms with van der Waals surface area (Å²) in [6.45, 7) is 4.47. The van der Waals surface area contributed by atoms with Gasteiger partial charge in [0.1, 0.15) is 0 Å². The highest BCUT2D eigenvalue weighted by Gasteiger charge is 2.35. The van der Waals surface area contributed by atoms with Crippen LogP contribution in [0.25, 0.3) is 0 Å². The second-order valence-electron chi connectivity index (χ2n) is 7.27. The van der Waals surface area contributed by atoms with E-state index in [-0.39, 0.29) is 12.0 Å². The Morgan fingerprint density at radius 3 is 2.47 bits per heavy atom. The molecular formula is C23H26ClN3O2S. The standard InChI is InChI=1S/C23H26ClN3O2S/c1-5-29-22(28)20-15(2)27(14-17-8-6-7-9-19(17)24)23(30)25-21(20)16-10-12-18(13-11-16)26(3)4/h6-13,21H,5,14H2,1-4H3,(H,25,30)/t21-/m0/s1. The van der Waals surface area contributed by atoms with Gasteiger partial charge in [-0.1, -0.05) is 41.9 Å². The highest BCUT2D eigenvalue weighted by atomic mass is 35.5. The van der Waals surface area contributed by atoms with Crippen molar-refractivity contribution in [1.29, 1.82) is 0 Å². The first kappa shape index (κ1) is 22.1. The number of carbonyl (C=O) groups excluding carboxylic acids is 1. The molecule has 0 aliphatic carbocycles. The lowest BCUT2D eigenvalue weighted by Gasteiger charge is -2.37. The Labute approximate surface area is 188 Å². The molecule has 1 N–H and O–H groups in total. The topological polar surface area (TPSA) is 44.8 Å². The van der Waals surface area contributed by atoms with E-state index in [1.54, 1.807) is 6.92 Å². The summed E-state index contributed by atoms with van der Waals surface area (Å²) in [7, 11) is 3.98. The van der Waals surface area contributed by atoms with Gasteiger partial charge < -0.3 is 19.9 Å². The molecule has 0 spiro atoms. The van der Waals surface area contributed by atoms with Crippen LogP contribution in [0, 0.1) is 0 Å². The van der Waals surface area contributed by atoms with E-state index in [1.807, 2.05) is 79.3 Å². The highest BCUT2D eigenvalue weighted by molar-refractivity contribution is 7.80. The van der Waals surface area contributed by atoms with Crippen LogP contribution < -0.4 is 10.2 Å². The molecule has 7 heteroatoms. The fraction of sp³-hybridized carbons (Fsp3) is 0.304. The minimum atomic E-state index is -0.379. The van der Waals surface area contributed by atoms with E-state index in [4.69, 9.17) is 28.6 Å². The molecule has 30 heavy (non-hydrogen) atoms. The first-order chi connectivity index (χ1) is 14.3. The molecule has 0 radical (unpaired) electrons. The van der Waals surface area contributed by atoms with Crippen molar-refractivity contribution in [2.75, 3.05) is 25.6 Å². The van der Waals surface area contributed by atoms with Crippen molar-refractivity contribution < 1.29 is 9.53 Å². The lowest BCUT2D eigenvalue weighted by atomic mass is 9.94. The number of carbonyl (C=O) groups is 1. The number of hydrogen-bond donors (Lipinski definition) is 1. The third-order valence-electron chi connectivity index (χ3n) is 5.12. The minimum Gasteiger partial charge on any atom is -0.463 e. The van der Waals surface area contributed by atoms with E-state index in [1.165, 1.54) is 0 Å². The summed E-state index contributed by atoms with van der Waals surface area (Å²) < 4.78 is 5.38. The maximum atomic E-state index is 12.9. The molecule has 0 aromatic heterocycles.